The molecule has 8 heteroatoms. The van der Waals surface area contributed by atoms with Gasteiger partial charge < -0.3 is 15.4 Å². The third kappa shape index (κ3) is 4.17. The van der Waals surface area contributed by atoms with Gasteiger partial charge in [0.1, 0.15) is 17.4 Å². The molecule has 1 aromatic heterocycles. The van der Waals surface area contributed by atoms with Crippen LogP contribution in [0.25, 0.3) is 10.1 Å². The summed E-state index contributed by atoms with van der Waals surface area (Å²) in [5.41, 5.74) is 1.42. The Morgan fingerprint density at radius 3 is 2.44 bits per heavy atom. The molecule has 4 rings (SSSR count). The fraction of sp³-hybridized carbons (Fsp3) is 0.0833. The van der Waals surface area contributed by atoms with Crippen molar-refractivity contribution in [3.8, 4) is 5.75 Å². The molecule has 32 heavy (non-hydrogen) atoms. The topological polar surface area (TPSA) is 67.4 Å². The van der Waals surface area contributed by atoms with Crippen molar-refractivity contribution in [2.45, 2.75) is 6.92 Å². The number of halogens is 2. The molecule has 0 aliphatic carbocycles. The van der Waals surface area contributed by atoms with Crippen LogP contribution < -0.4 is 15.4 Å². The molecule has 1 heterocycles. The fourth-order valence-corrected chi connectivity index (χ4v) is 4.48. The first-order valence-corrected chi connectivity index (χ1v) is 10.4. The van der Waals surface area contributed by atoms with Crippen LogP contribution in [-0.4, -0.2) is 18.9 Å². The molecule has 162 valence electrons. The van der Waals surface area contributed by atoms with E-state index in [1.807, 2.05) is 0 Å². The van der Waals surface area contributed by atoms with Gasteiger partial charge in [-0.05, 0) is 61.0 Å². The van der Waals surface area contributed by atoms with Crippen LogP contribution in [0.2, 0.25) is 0 Å². The zero-order valence-corrected chi connectivity index (χ0v) is 18.0. The maximum Gasteiger partial charge on any atom is 0.266 e. The van der Waals surface area contributed by atoms with E-state index in [0.29, 0.717) is 37.7 Å². The summed E-state index contributed by atoms with van der Waals surface area (Å²) in [6.07, 6.45) is 0. The minimum absolute atomic E-state index is 0.143. The van der Waals surface area contributed by atoms with Crippen molar-refractivity contribution in [2.75, 3.05) is 17.7 Å². The number of hydrogen-bond acceptors (Lipinski definition) is 4. The van der Waals surface area contributed by atoms with E-state index >= 15 is 0 Å². The van der Waals surface area contributed by atoms with Gasteiger partial charge in [-0.25, -0.2) is 8.78 Å². The van der Waals surface area contributed by atoms with Crippen LogP contribution in [0.5, 0.6) is 5.75 Å². The van der Waals surface area contributed by atoms with Crippen LogP contribution in [0.3, 0.4) is 0 Å². The number of ether oxygens (including phenoxy) is 1. The van der Waals surface area contributed by atoms with Crippen LogP contribution >= 0.6 is 11.3 Å². The largest absolute Gasteiger partial charge is 0.495 e. The number of benzene rings is 3. The number of rotatable bonds is 5. The van der Waals surface area contributed by atoms with E-state index in [1.165, 1.54) is 48.8 Å². The van der Waals surface area contributed by atoms with E-state index in [1.54, 1.807) is 31.2 Å². The number of anilines is 2. The second kappa shape index (κ2) is 8.76. The summed E-state index contributed by atoms with van der Waals surface area (Å²) < 4.78 is 33.6. The number of carbonyl (C=O) groups excluding carboxylic acids is 2. The third-order valence-corrected chi connectivity index (χ3v) is 6.16. The first-order chi connectivity index (χ1) is 15.4. The monoisotopic (exact) mass is 452 g/mol. The molecule has 0 aliphatic rings. The van der Waals surface area contributed by atoms with E-state index in [9.17, 15) is 18.4 Å². The van der Waals surface area contributed by atoms with Crippen molar-refractivity contribution in [1.29, 1.82) is 0 Å². The number of thiophene rings is 1. The van der Waals surface area contributed by atoms with E-state index in [-0.39, 0.29) is 11.4 Å². The predicted molar refractivity (Wildman–Crippen MR) is 122 cm³/mol. The van der Waals surface area contributed by atoms with Gasteiger partial charge in [0.05, 0.1) is 17.7 Å². The van der Waals surface area contributed by atoms with E-state index in [0.717, 1.165) is 6.07 Å². The molecule has 0 spiro atoms. The number of nitrogens with one attached hydrogen (secondary N) is 2. The van der Waals surface area contributed by atoms with Crippen LogP contribution in [0.15, 0.2) is 60.7 Å². The lowest BCUT2D eigenvalue weighted by Gasteiger charge is -2.13. The summed E-state index contributed by atoms with van der Waals surface area (Å²) in [6, 6.07) is 14.8. The van der Waals surface area contributed by atoms with Crippen molar-refractivity contribution >= 4 is 44.6 Å². The zero-order valence-electron chi connectivity index (χ0n) is 17.2. The van der Waals surface area contributed by atoms with Crippen LogP contribution in [0.4, 0.5) is 20.2 Å². The van der Waals surface area contributed by atoms with E-state index < -0.39 is 17.6 Å². The Labute approximate surface area is 186 Å². The number of fused-ring (bicyclic) bond motifs is 1. The van der Waals surface area contributed by atoms with Crippen molar-refractivity contribution < 1.29 is 23.1 Å². The molecule has 4 aromatic rings. The van der Waals surface area contributed by atoms with Crippen LogP contribution in [-0.2, 0) is 0 Å². The van der Waals surface area contributed by atoms with Crippen molar-refractivity contribution in [1.82, 2.24) is 0 Å². The maximum atomic E-state index is 14.2. The minimum atomic E-state index is -0.527. The number of methoxy groups -OCH3 is 1. The lowest BCUT2D eigenvalue weighted by atomic mass is 10.1. The molecule has 5 nitrogen and oxygen atoms in total. The Balaban J connectivity index is 1.60. The Kier molecular flexibility index (Phi) is 5.87. The molecule has 0 atom stereocenters. The number of hydrogen-bond donors (Lipinski definition) is 2. The Morgan fingerprint density at radius 2 is 1.72 bits per heavy atom. The van der Waals surface area contributed by atoms with Gasteiger partial charge >= 0.3 is 0 Å². The lowest BCUT2D eigenvalue weighted by Crippen LogP contribution is -2.14. The molecule has 0 fully saturated rings. The van der Waals surface area contributed by atoms with Gasteiger partial charge in [0.15, 0.2) is 0 Å². The minimum Gasteiger partial charge on any atom is -0.495 e. The van der Waals surface area contributed by atoms with Crippen molar-refractivity contribution in [2.24, 2.45) is 0 Å². The zero-order chi connectivity index (χ0) is 22.8. The van der Waals surface area contributed by atoms with Crippen LogP contribution in [0, 0.1) is 18.6 Å². The Bertz CT molecular complexity index is 1350. The lowest BCUT2D eigenvalue weighted by molar-refractivity contribution is 0.102. The molecule has 0 aliphatic heterocycles. The summed E-state index contributed by atoms with van der Waals surface area (Å²) in [4.78, 5) is 25.8. The highest BCUT2D eigenvalue weighted by atomic mass is 32.1. The van der Waals surface area contributed by atoms with Gasteiger partial charge in [0.2, 0.25) is 0 Å². The summed E-state index contributed by atoms with van der Waals surface area (Å²) in [5.74, 6) is -1.45. The maximum absolute atomic E-state index is 14.2. The molecule has 0 saturated heterocycles. The summed E-state index contributed by atoms with van der Waals surface area (Å²) in [5, 5.41) is 5.88. The van der Waals surface area contributed by atoms with Gasteiger partial charge in [0, 0.05) is 21.3 Å². The quantitative estimate of drug-likeness (QED) is 0.390. The van der Waals surface area contributed by atoms with Crippen LogP contribution in [0.1, 0.15) is 25.6 Å². The van der Waals surface area contributed by atoms with E-state index in [4.69, 9.17) is 4.74 Å². The molecule has 3 aromatic carbocycles. The molecule has 2 N–H and O–H groups in total. The van der Waals surface area contributed by atoms with Gasteiger partial charge in [-0.3, -0.25) is 9.59 Å². The number of aryl methyl sites for hydroxylation is 1. The average Bonchev–Trinajstić information content (AvgIpc) is 3.12. The molecular weight excluding hydrogens is 434 g/mol. The van der Waals surface area contributed by atoms with Crippen molar-refractivity contribution in [3.63, 3.8) is 0 Å². The van der Waals surface area contributed by atoms with Gasteiger partial charge in [-0.1, -0.05) is 12.1 Å². The predicted octanol–water partition coefficient (Wildman–Crippen LogP) is 6.00. The molecule has 0 radical (unpaired) electrons. The first-order valence-electron chi connectivity index (χ1n) is 9.61. The Morgan fingerprint density at radius 1 is 0.938 bits per heavy atom. The smallest absolute Gasteiger partial charge is 0.266 e. The summed E-state index contributed by atoms with van der Waals surface area (Å²) in [6.45, 7) is 1.70. The van der Waals surface area contributed by atoms with Crippen molar-refractivity contribution in [3.05, 3.63) is 88.3 Å². The highest BCUT2D eigenvalue weighted by Gasteiger charge is 2.19. The normalized spacial score (nSPS) is 10.8. The molecule has 2 amide bonds. The SMILES string of the molecule is COc1ccc(NC(=O)c2sc3cccc(F)c3c2C)cc1NC(=O)c1cccc(F)c1. The highest BCUT2D eigenvalue weighted by molar-refractivity contribution is 7.21. The molecular formula is C24H18F2N2O3S. The molecule has 0 bridgehead atoms. The van der Waals surface area contributed by atoms with Gasteiger partial charge in [-0.2, -0.15) is 0 Å². The second-order valence-electron chi connectivity index (χ2n) is 7.00. The summed E-state index contributed by atoms with van der Waals surface area (Å²) >= 11 is 1.20. The fourth-order valence-electron chi connectivity index (χ4n) is 3.37. The van der Waals surface area contributed by atoms with E-state index in [2.05, 4.69) is 10.6 Å². The molecule has 0 saturated carbocycles. The number of carbonyl (C=O) groups is 2. The standard InChI is InChI=1S/C24H18F2N2O3S/c1-13-21-17(26)7-4-8-20(21)32-22(13)24(30)27-16-9-10-19(31-2)18(12-16)28-23(29)14-5-3-6-15(25)11-14/h3-12H,1-2H3,(H,27,30)(H,28,29). The summed E-state index contributed by atoms with van der Waals surface area (Å²) in [7, 11) is 1.44. The average molecular weight is 452 g/mol. The molecule has 0 unspecified atom stereocenters. The highest BCUT2D eigenvalue weighted by Crippen LogP contribution is 2.34. The second-order valence-corrected chi connectivity index (χ2v) is 8.06. The third-order valence-electron chi connectivity index (χ3n) is 4.90. The number of amides is 2. The Hall–Kier alpha value is -3.78. The van der Waals surface area contributed by atoms with Gasteiger partial charge in [0.25, 0.3) is 11.8 Å². The first kappa shape index (κ1) is 21.5. The van der Waals surface area contributed by atoms with Gasteiger partial charge in [-0.15, -0.1) is 11.3 Å².